The third-order valence-corrected chi connectivity index (χ3v) is 3.29. The smallest absolute Gasteiger partial charge is 0.226 e. The molecule has 1 rings (SSSR count). The molecule has 0 bridgehead atoms. The average molecular weight is 296 g/mol. The van der Waals surface area contributed by atoms with Crippen molar-refractivity contribution in [3.63, 3.8) is 0 Å². The number of nitrogens with one attached hydrogen (secondary N) is 1. The van der Waals surface area contributed by atoms with Crippen molar-refractivity contribution in [3.05, 3.63) is 11.8 Å². The highest BCUT2D eigenvalue weighted by Gasteiger charge is 2.20. The van der Waals surface area contributed by atoms with Crippen LogP contribution in [0.2, 0.25) is 0 Å². The molecule has 3 N–H and O–H groups in total. The van der Waals surface area contributed by atoms with Gasteiger partial charge in [0.2, 0.25) is 5.91 Å². The van der Waals surface area contributed by atoms with Crippen LogP contribution >= 0.6 is 0 Å². The van der Waals surface area contributed by atoms with Crippen LogP contribution in [0.4, 0.5) is 5.82 Å². The molecule has 0 aliphatic carbocycles. The molecule has 1 aromatic heterocycles. The van der Waals surface area contributed by atoms with Crippen LogP contribution in [-0.4, -0.2) is 42.1 Å². The Labute approximate surface area is 127 Å². The number of hydrogen-bond acceptors (Lipinski definition) is 5. The molecule has 0 saturated heterocycles. The maximum Gasteiger partial charge on any atom is 0.226 e. The third kappa shape index (κ3) is 6.73. The zero-order valence-electron chi connectivity index (χ0n) is 13.6. The lowest BCUT2D eigenvalue weighted by Crippen LogP contribution is -2.40. The summed E-state index contributed by atoms with van der Waals surface area (Å²) < 4.78 is 4.92. The topological polar surface area (TPSA) is 84.4 Å². The molecule has 1 amide bonds. The van der Waals surface area contributed by atoms with E-state index in [9.17, 15) is 4.79 Å². The summed E-state index contributed by atoms with van der Waals surface area (Å²) in [5, 5.41) is 6.50. The van der Waals surface area contributed by atoms with E-state index in [1.807, 2.05) is 0 Å². The van der Waals surface area contributed by atoms with E-state index in [1.165, 1.54) is 0 Å². The van der Waals surface area contributed by atoms with Crippen LogP contribution in [-0.2, 0) is 4.79 Å². The fraction of sp³-hybridized carbons (Fsp3) is 0.733. The van der Waals surface area contributed by atoms with Gasteiger partial charge in [0.15, 0.2) is 5.82 Å². The van der Waals surface area contributed by atoms with Crippen molar-refractivity contribution in [1.82, 2.24) is 10.1 Å². The van der Waals surface area contributed by atoms with Gasteiger partial charge in [0.1, 0.15) is 5.76 Å². The number of carbonyl (C=O) groups is 1. The SMILES string of the molecule is CCCN(CCC(=O)Nc1cc(C)on1)CC(C)(C)CN. The predicted molar refractivity (Wildman–Crippen MR) is 84.1 cm³/mol. The molecule has 0 fully saturated rings. The molecule has 0 spiro atoms. The highest BCUT2D eigenvalue weighted by atomic mass is 16.5. The summed E-state index contributed by atoms with van der Waals surface area (Å²) in [6.07, 6.45) is 1.50. The summed E-state index contributed by atoms with van der Waals surface area (Å²) in [6.45, 7) is 11.5. The number of nitrogens with zero attached hydrogens (tertiary/aromatic N) is 2. The molecule has 0 saturated carbocycles. The van der Waals surface area contributed by atoms with Crippen LogP contribution in [0.25, 0.3) is 0 Å². The van der Waals surface area contributed by atoms with Crippen molar-refractivity contribution < 1.29 is 9.32 Å². The standard InChI is InChI=1S/C15H28N4O2/c1-5-7-19(11-15(3,4)10-16)8-6-14(20)17-13-9-12(2)21-18-13/h9H,5-8,10-11,16H2,1-4H3,(H,17,18,20). The molecule has 0 aromatic carbocycles. The van der Waals surface area contributed by atoms with E-state index < -0.39 is 0 Å². The van der Waals surface area contributed by atoms with Gasteiger partial charge in [0, 0.05) is 25.6 Å². The zero-order chi connectivity index (χ0) is 15.9. The number of aromatic nitrogens is 1. The van der Waals surface area contributed by atoms with Crippen LogP contribution in [0.1, 0.15) is 39.4 Å². The molecule has 0 aliphatic rings. The first-order valence-corrected chi connectivity index (χ1v) is 7.52. The van der Waals surface area contributed by atoms with Crippen molar-refractivity contribution in [2.45, 2.75) is 40.5 Å². The van der Waals surface area contributed by atoms with Crippen molar-refractivity contribution in [1.29, 1.82) is 0 Å². The van der Waals surface area contributed by atoms with Crippen molar-refractivity contribution in [2.75, 3.05) is 31.5 Å². The van der Waals surface area contributed by atoms with Crippen molar-refractivity contribution >= 4 is 11.7 Å². The number of anilines is 1. The summed E-state index contributed by atoms with van der Waals surface area (Å²) in [7, 11) is 0. The largest absolute Gasteiger partial charge is 0.360 e. The molecule has 1 aromatic rings. The highest BCUT2D eigenvalue weighted by molar-refractivity contribution is 5.89. The molecule has 0 atom stereocenters. The van der Waals surface area contributed by atoms with Gasteiger partial charge >= 0.3 is 0 Å². The third-order valence-electron chi connectivity index (χ3n) is 3.29. The minimum Gasteiger partial charge on any atom is -0.360 e. The zero-order valence-corrected chi connectivity index (χ0v) is 13.6. The Kier molecular flexibility index (Phi) is 6.84. The monoisotopic (exact) mass is 296 g/mol. The van der Waals surface area contributed by atoms with Gasteiger partial charge in [-0.15, -0.1) is 0 Å². The molecule has 6 nitrogen and oxygen atoms in total. The molecule has 21 heavy (non-hydrogen) atoms. The van der Waals surface area contributed by atoms with E-state index in [4.69, 9.17) is 10.3 Å². The van der Waals surface area contributed by atoms with Gasteiger partial charge in [0.05, 0.1) is 0 Å². The van der Waals surface area contributed by atoms with Crippen LogP contribution in [0.5, 0.6) is 0 Å². The molecule has 6 heteroatoms. The number of aryl methyl sites for hydroxylation is 1. The number of hydrogen-bond donors (Lipinski definition) is 2. The second kappa shape index (κ2) is 8.14. The lowest BCUT2D eigenvalue weighted by atomic mass is 9.93. The number of carbonyl (C=O) groups excluding carboxylic acids is 1. The summed E-state index contributed by atoms with van der Waals surface area (Å²) in [5.41, 5.74) is 5.85. The van der Waals surface area contributed by atoms with Crippen molar-refractivity contribution in [2.24, 2.45) is 11.1 Å². The Morgan fingerprint density at radius 3 is 2.71 bits per heavy atom. The second-order valence-electron chi connectivity index (χ2n) is 6.27. The van der Waals surface area contributed by atoms with Crippen LogP contribution in [0.3, 0.4) is 0 Å². The lowest BCUT2D eigenvalue weighted by Gasteiger charge is -2.31. The van der Waals surface area contributed by atoms with E-state index in [-0.39, 0.29) is 11.3 Å². The number of rotatable bonds is 9. The van der Waals surface area contributed by atoms with Crippen molar-refractivity contribution in [3.8, 4) is 0 Å². The van der Waals surface area contributed by atoms with Gasteiger partial charge in [0.25, 0.3) is 0 Å². The molecule has 0 radical (unpaired) electrons. The van der Waals surface area contributed by atoms with Gasteiger partial charge in [-0.25, -0.2) is 0 Å². The van der Waals surface area contributed by atoms with E-state index in [0.717, 1.165) is 26.1 Å². The van der Waals surface area contributed by atoms with Gasteiger partial charge < -0.3 is 20.5 Å². The first kappa shape index (κ1) is 17.7. The molecular formula is C15H28N4O2. The quantitative estimate of drug-likeness (QED) is 0.728. The minimum atomic E-state index is -0.0463. The number of amides is 1. The Bertz CT molecular complexity index is 443. The summed E-state index contributed by atoms with van der Waals surface area (Å²) >= 11 is 0. The Hall–Kier alpha value is -1.40. The van der Waals surface area contributed by atoms with Gasteiger partial charge in [-0.05, 0) is 31.8 Å². The van der Waals surface area contributed by atoms with E-state index in [2.05, 4.69) is 36.1 Å². The van der Waals surface area contributed by atoms with Crippen LogP contribution in [0, 0.1) is 12.3 Å². The fourth-order valence-electron chi connectivity index (χ4n) is 2.15. The maximum atomic E-state index is 11.9. The molecule has 1 heterocycles. The van der Waals surface area contributed by atoms with E-state index in [1.54, 1.807) is 13.0 Å². The Balaban J connectivity index is 2.43. The molecule has 0 unspecified atom stereocenters. The van der Waals surface area contributed by atoms with Gasteiger partial charge in [-0.1, -0.05) is 25.9 Å². The summed E-state index contributed by atoms with van der Waals surface area (Å²) in [4.78, 5) is 14.2. The molecule has 0 aliphatic heterocycles. The minimum absolute atomic E-state index is 0.0463. The lowest BCUT2D eigenvalue weighted by molar-refractivity contribution is -0.116. The molecule has 120 valence electrons. The van der Waals surface area contributed by atoms with Gasteiger partial charge in [-0.2, -0.15) is 0 Å². The Morgan fingerprint density at radius 1 is 1.48 bits per heavy atom. The normalized spacial score (nSPS) is 11.9. The summed E-state index contributed by atoms with van der Waals surface area (Å²) in [5.74, 6) is 1.11. The molecular weight excluding hydrogens is 268 g/mol. The van der Waals surface area contributed by atoms with Crippen LogP contribution in [0.15, 0.2) is 10.6 Å². The average Bonchev–Trinajstić information content (AvgIpc) is 2.81. The van der Waals surface area contributed by atoms with E-state index in [0.29, 0.717) is 24.5 Å². The fourth-order valence-corrected chi connectivity index (χ4v) is 2.15. The second-order valence-corrected chi connectivity index (χ2v) is 6.27. The Morgan fingerprint density at radius 2 is 2.19 bits per heavy atom. The van der Waals surface area contributed by atoms with Crippen LogP contribution < -0.4 is 11.1 Å². The maximum absolute atomic E-state index is 11.9. The van der Waals surface area contributed by atoms with E-state index >= 15 is 0 Å². The summed E-state index contributed by atoms with van der Waals surface area (Å²) in [6, 6.07) is 1.71. The first-order chi connectivity index (χ1) is 9.86. The van der Waals surface area contributed by atoms with Gasteiger partial charge in [-0.3, -0.25) is 4.79 Å². The first-order valence-electron chi connectivity index (χ1n) is 7.52. The highest BCUT2D eigenvalue weighted by Crippen LogP contribution is 2.15. The predicted octanol–water partition coefficient (Wildman–Crippen LogP) is 2.01. The number of nitrogens with two attached hydrogens (primary N) is 1.